The molecule has 0 aromatic carbocycles. The second-order valence-electron chi connectivity index (χ2n) is 8.07. The first kappa shape index (κ1) is 25.0. The number of carboxylic acid groups (broad SMARTS) is 1. The number of thioether (sulfide) groups is 1. The van der Waals surface area contributed by atoms with E-state index in [1.807, 2.05) is 20.0 Å². The number of amides is 1. The summed E-state index contributed by atoms with van der Waals surface area (Å²) in [6, 6.07) is 2.04. The fraction of sp³-hybridized carbons (Fsp3) is 0.500. The molecule has 0 atom stereocenters. The number of carbonyl (C=O) groups is 2. The first-order valence-corrected chi connectivity index (χ1v) is 12.0. The van der Waals surface area contributed by atoms with Crippen LogP contribution in [-0.4, -0.2) is 75.4 Å². The summed E-state index contributed by atoms with van der Waals surface area (Å²) in [7, 11) is 2.05. The van der Waals surface area contributed by atoms with Crippen LogP contribution in [0, 0.1) is 18.3 Å². The van der Waals surface area contributed by atoms with Crippen molar-refractivity contribution < 1.29 is 14.7 Å². The Morgan fingerprint density at radius 1 is 1.24 bits per heavy atom. The highest BCUT2D eigenvalue weighted by Gasteiger charge is 2.33. The molecular formula is C22H27N5O4S2. The second kappa shape index (κ2) is 10.5. The van der Waals surface area contributed by atoms with Gasteiger partial charge in [0, 0.05) is 44.8 Å². The zero-order valence-electron chi connectivity index (χ0n) is 19.0. The van der Waals surface area contributed by atoms with Crippen LogP contribution >= 0.6 is 24.0 Å². The van der Waals surface area contributed by atoms with Crippen molar-refractivity contribution in [3.05, 3.63) is 31.9 Å². The fourth-order valence-corrected chi connectivity index (χ4v) is 5.26. The minimum absolute atomic E-state index is 0.000414. The number of anilines is 1. The summed E-state index contributed by atoms with van der Waals surface area (Å²) in [5.41, 5.74) is 0.924. The van der Waals surface area contributed by atoms with E-state index in [1.165, 1.54) is 4.90 Å². The second-order valence-corrected chi connectivity index (χ2v) is 9.75. The van der Waals surface area contributed by atoms with E-state index in [1.54, 1.807) is 17.6 Å². The van der Waals surface area contributed by atoms with Crippen molar-refractivity contribution in [1.82, 2.24) is 14.4 Å². The molecule has 0 radical (unpaired) electrons. The summed E-state index contributed by atoms with van der Waals surface area (Å²) in [5.74, 6) is -0.657. The number of rotatable bonds is 7. The molecule has 2 fully saturated rings. The van der Waals surface area contributed by atoms with Crippen molar-refractivity contribution in [2.45, 2.75) is 33.2 Å². The number of aliphatic carboxylic acids is 1. The molecule has 0 saturated carbocycles. The third-order valence-corrected chi connectivity index (χ3v) is 7.17. The molecule has 3 heterocycles. The van der Waals surface area contributed by atoms with Crippen molar-refractivity contribution in [1.29, 1.82) is 5.26 Å². The lowest BCUT2D eigenvalue weighted by molar-refractivity contribution is -0.137. The number of nitrogens with zero attached hydrogens (tertiary/aromatic N) is 5. The normalized spacial score (nSPS) is 18.3. The molecule has 2 aliphatic heterocycles. The van der Waals surface area contributed by atoms with E-state index >= 15 is 0 Å². The molecule has 2 aliphatic rings. The van der Waals surface area contributed by atoms with Crippen molar-refractivity contribution in [3.63, 3.8) is 0 Å². The Bertz CT molecular complexity index is 1110. The first-order chi connectivity index (χ1) is 15.7. The van der Waals surface area contributed by atoms with Gasteiger partial charge < -0.3 is 14.9 Å². The predicted octanol–water partition coefficient (Wildman–Crippen LogP) is 1.87. The average Bonchev–Trinajstić information content (AvgIpc) is 3.03. The molecule has 9 nitrogen and oxygen atoms in total. The van der Waals surface area contributed by atoms with Gasteiger partial charge in [0.25, 0.3) is 11.5 Å². The number of carboxylic acids is 1. The monoisotopic (exact) mass is 489 g/mol. The Morgan fingerprint density at radius 3 is 2.48 bits per heavy atom. The average molecular weight is 490 g/mol. The molecule has 0 unspecified atom stereocenters. The standard InChI is InChI=1S/C22H27N5O4S2/c1-4-6-26-19(25-10-8-24(3)9-11-25)15(14(2)16(13-23)20(26)30)12-17-21(31)27(22(32)33-17)7-5-18(28)29/h12H,4-11H2,1-3H3,(H,28,29)/b17-12+. The maximum absolute atomic E-state index is 13.2. The lowest BCUT2D eigenvalue weighted by atomic mass is 10.0. The molecule has 0 aliphatic carbocycles. The topological polar surface area (TPSA) is 110 Å². The Balaban J connectivity index is 2.16. The Labute approximate surface area is 202 Å². The highest BCUT2D eigenvalue weighted by molar-refractivity contribution is 8.26. The van der Waals surface area contributed by atoms with Crippen molar-refractivity contribution >= 4 is 52.1 Å². The molecule has 1 aromatic heterocycles. The van der Waals surface area contributed by atoms with Crippen molar-refractivity contribution in [3.8, 4) is 6.07 Å². The van der Waals surface area contributed by atoms with E-state index in [-0.39, 0.29) is 30.0 Å². The Hall–Kier alpha value is -2.68. The third-order valence-electron chi connectivity index (χ3n) is 5.79. The smallest absolute Gasteiger partial charge is 0.305 e. The highest BCUT2D eigenvalue weighted by atomic mass is 32.2. The summed E-state index contributed by atoms with van der Waals surface area (Å²) in [6.07, 6.45) is 2.21. The van der Waals surface area contributed by atoms with Crippen LogP contribution in [-0.2, 0) is 16.1 Å². The number of likely N-dealkylation sites (N-methyl/N-ethyl adjacent to an activating group) is 1. The SMILES string of the molecule is CCCn1c(N2CCN(C)CC2)c(/C=C2/SC(=S)N(CCC(=O)O)C2=O)c(C)c(C#N)c1=O. The molecule has 33 heavy (non-hydrogen) atoms. The van der Waals surface area contributed by atoms with E-state index < -0.39 is 5.97 Å². The molecule has 0 spiro atoms. The van der Waals surface area contributed by atoms with Crippen molar-refractivity contribution in [2.75, 3.05) is 44.7 Å². The maximum atomic E-state index is 13.2. The molecule has 11 heteroatoms. The van der Waals surface area contributed by atoms with E-state index in [9.17, 15) is 19.6 Å². The molecule has 1 N–H and O–H groups in total. The zero-order valence-corrected chi connectivity index (χ0v) is 20.6. The van der Waals surface area contributed by atoms with E-state index in [0.29, 0.717) is 52.2 Å². The summed E-state index contributed by atoms with van der Waals surface area (Å²) in [4.78, 5) is 43.1. The molecule has 3 rings (SSSR count). The third kappa shape index (κ3) is 5.13. The first-order valence-electron chi connectivity index (χ1n) is 10.8. The maximum Gasteiger partial charge on any atom is 0.305 e. The van der Waals surface area contributed by atoms with Gasteiger partial charge in [-0.3, -0.25) is 23.9 Å². The quantitative estimate of drug-likeness (QED) is 0.453. The lowest BCUT2D eigenvalue weighted by Gasteiger charge is -2.36. The molecule has 1 aromatic rings. The van der Waals surface area contributed by atoms with Crippen LogP contribution in [0.1, 0.15) is 36.5 Å². The van der Waals surface area contributed by atoms with Crippen LogP contribution in [0.15, 0.2) is 9.70 Å². The van der Waals surface area contributed by atoms with E-state index in [0.717, 1.165) is 24.9 Å². The van der Waals surface area contributed by atoms with Crippen LogP contribution in [0.5, 0.6) is 0 Å². The molecule has 1 amide bonds. The number of piperazine rings is 1. The fourth-order valence-electron chi connectivity index (χ4n) is 3.97. The zero-order chi connectivity index (χ0) is 24.3. The van der Waals surface area contributed by atoms with E-state index in [4.69, 9.17) is 17.3 Å². The van der Waals surface area contributed by atoms with Gasteiger partial charge >= 0.3 is 5.97 Å². The van der Waals surface area contributed by atoms with Gasteiger partial charge in [-0.1, -0.05) is 30.9 Å². The van der Waals surface area contributed by atoms with Crippen molar-refractivity contribution in [2.24, 2.45) is 0 Å². The predicted molar refractivity (Wildman–Crippen MR) is 132 cm³/mol. The number of hydrogen-bond donors (Lipinski definition) is 1. The number of carbonyl (C=O) groups excluding carboxylic acids is 1. The van der Waals surface area contributed by atoms with Gasteiger partial charge in [-0.15, -0.1) is 0 Å². The van der Waals surface area contributed by atoms with Gasteiger partial charge in [-0.05, 0) is 32.0 Å². The van der Waals surface area contributed by atoms with Crippen LogP contribution in [0.2, 0.25) is 0 Å². The molecular weight excluding hydrogens is 462 g/mol. The van der Waals surface area contributed by atoms with Crippen LogP contribution in [0.25, 0.3) is 6.08 Å². The van der Waals surface area contributed by atoms with Gasteiger partial charge in [0.1, 0.15) is 21.8 Å². The van der Waals surface area contributed by atoms with Gasteiger partial charge in [0.05, 0.1) is 11.3 Å². The highest BCUT2D eigenvalue weighted by Crippen LogP contribution is 2.36. The Kier molecular flexibility index (Phi) is 7.94. The van der Waals surface area contributed by atoms with Crippen LogP contribution in [0.4, 0.5) is 5.82 Å². The number of nitriles is 1. The number of aromatic nitrogens is 1. The summed E-state index contributed by atoms with van der Waals surface area (Å²) in [6.45, 7) is 7.24. The number of hydrogen-bond acceptors (Lipinski definition) is 8. The van der Waals surface area contributed by atoms with Crippen LogP contribution in [0.3, 0.4) is 0 Å². The van der Waals surface area contributed by atoms with Gasteiger partial charge in [0.2, 0.25) is 0 Å². The minimum atomic E-state index is -1.01. The van der Waals surface area contributed by atoms with E-state index in [2.05, 4.69) is 9.80 Å². The van der Waals surface area contributed by atoms with Gasteiger partial charge in [0.15, 0.2) is 0 Å². The summed E-state index contributed by atoms with van der Waals surface area (Å²) < 4.78 is 1.95. The molecule has 0 bridgehead atoms. The number of thiocarbonyl (C=S) groups is 1. The molecule has 2 saturated heterocycles. The summed E-state index contributed by atoms with van der Waals surface area (Å²) >= 11 is 6.42. The Morgan fingerprint density at radius 2 is 1.91 bits per heavy atom. The minimum Gasteiger partial charge on any atom is -0.481 e. The van der Waals surface area contributed by atoms with Gasteiger partial charge in [-0.25, -0.2) is 0 Å². The largest absolute Gasteiger partial charge is 0.481 e. The van der Waals surface area contributed by atoms with Crippen LogP contribution < -0.4 is 10.5 Å². The van der Waals surface area contributed by atoms with Gasteiger partial charge in [-0.2, -0.15) is 5.26 Å². The lowest BCUT2D eigenvalue weighted by Crippen LogP contribution is -2.47. The molecule has 176 valence electrons. The number of pyridine rings is 1. The summed E-state index contributed by atoms with van der Waals surface area (Å²) in [5, 5.41) is 18.7.